The van der Waals surface area contributed by atoms with Crippen molar-refractivity contribution in [2.75, 3.05) is 38.1 Å². The van der Waals surface area contributed by atoms with Crippen molar-refractivity contribution >= 4 is 30.5 Å². The van der Waals surface area contributed by atoms with Gasteiger partial charge in [-0.2, -0.15) is 0 Å². The molecule has 0 aromatic heterocycles. The molecule has 2 amide bonds. The molecule has 3 aromatic rings. The normalized spacial score (nSPS) is 18.8. The van der Waals surface area contributed by atoms with Crippen molar-refractivity contribution in [3.05, 3.63) is 82.9 Å². The van der Waals surface area contributed by atoms with Gasteiger partial charge in [0.2, 0.25) is 0 Å². The molecule has 3 aliphatic rings. The average Bonchev–Trinajstić information content (AvgIpc) is 3.45. The molecule has 2 fully saturated rings. The Morgan fingerprint density at radius 1 is 0.896 bits per heavy atom. The van der Waals surface area contributed by atoms with Crippen LogP contribution < -0.4 is 10.8 Å². The number of nitrogens with one attached hydrogen (secondary N) is 1. The molecule has 1 N–H and O–H groups in total. The molecule has 2 saturated heterocycles. The molecular formula is C38H48BN3O6. The third-order valence-corrected chi connectivity index (χ3v) is 10.0. The summed E-state index contributed by atoms with van der Waals surface area (Å²) >= 11 is 0. The lowest BCUT2D eigenvalue weighted by Gasteiger charge is -2.34. The summed E-state index contributed by atoms with van der Waals surface area (Å²) in [6.45, 7) is 19.1. The third kappa shape index (κ3) is 6.97. The van der Waals surface area contributed by atoms with Crippen molar-refractivity contribution in [2.24, 2.45) is 0 Å². The molecule has 48 heavy (non-hydrogen) atoms. The fourth-order valence-corrected chi connectivity index (χ4v) is 6.68. The number of carbonyl (C=O) groups is 2. The van der Waals surface area contributed by atoms with Crippen LogP contribution in [0.3, 0.4) is 0 Å². The highest BCUT2D eigenvalue weighted by atomic mass is 16.7. The standard InChI is InChI=1S/C38H48BN3O6/c1-25-32(39-47-37(5,6)38(7,8)48-39)21-26(22-33(25)40-34(43)46-36(2,3)4)23-41-17-19-42(20-18-41)35(44)45-24-31-29-15-11-9-13-27(29)28-14-10-12-16-30(28)31/h9-16,21-22,31H,17-20,23-24H2,1-8H3,(H,40,43). The van der Waals surface area contributed by atoms with Crippen molar-refractivity contribution < 1.29 is 28.4 Å². The van der Waals surface area contributed by atoms with Gasteiger partial charge in [0.05, 0.1) is 11.2 Å². The second-order valence-corrected chi connectivity index (χ2v) is 15.1. The number of piperazine rings is 1. The number of ether oxygens (including phenoxy) is 2. The van der Waals surface area contributed by atoms with E-state index in [9.17, 15) is 9.59 Å². The Morgan fingerprint density at radius 3 is 2.02 bits per heavy atom. The number of anilines is 1. The number of hydrogen-bond acceptors (Lipinski definition) is 7. The van der Waals surface area contributed by atoms with Gasteiger partial charge in [-0.25, -0.2) is 9.59 Å². The van der Waals surface area contributed by atoms with Gasteiger partial charge in [-0.15, -0.1) is 0 Å². The Kier molecular flexibility index (Phi) is 9.13. The smallest absolute Gasteiger partial charge is 0.448 e. The predicted octanol–water partition coefficient (Wildman–Crippen LogP) is 6.71. The molecule has 2 heterocycles. The molecule has 0 spiro atoms. The average molecular weight is 654 g/mol. The molecule has 9 nitrogen and oxygen atoms in total. The fraction of sp³-hybridized carbons (Fsp3) is 0.474. The van der Waals surface area contributed by atoms with Gasteiger partial charge in [-0.3, -0.25) is 10.2 Å². The number of hydrogen-bond donors (Lipinski definition) is 1. The minimum Gasteiger partial charge on any atom is -0.448 e. The highest BCUT2D eigenvalue weighted by molar-refractivity contribution is 6.62. The molecule has 0 saturated carbocycles. The Morgan fingerprint density at radius 2 is 1.46 bits per heavy atom. The first-order chi connectivity index (χ1) is 22.6. The van der Waals surface area contributed by atoms with Crippen LogP contribution in [0.1, 0.15) is 76.6 Å². The maximum Gasteiger partial charge on any atom is 0.495 e. The summed E-state index contributed by atoms with van der Waals surface area (Å²) in [7, 11) is -0.584. The van der Waals surface area contributed by atoms with Crippen molar-refractivity contribution in [1.82, 2.24) is 9.80 Å². The minimum atomic E-state index is -0.628. The van der Waals surface area contributed by atoms with E-state index < -0.39 is 30.0 Å². The molecule has 0 radical (unpaired) electrons. The van der Waals surface area contributed by atoms with Gasteiger partial charge in [-0.05, 0) is 100 Å². The largest absolute Gasteiger partial charge is 0.495 e. The van der Waals surface area contributed by atoms with Crippen LogP contribution in [0.4, 0.5) is 15.3 Å². The van der Waals surface area contributed by atoms with E-state index in [0.29, 0.717) is 45.0 Å². The summed E-state index contributed by atoms with van der Waals surface area (Å²) < 4.78 is 24.3. The highest BCUT2D eigenvalue weighted by Gasteiger charge is 2.52. The molecular weight excluding hydrogens is 605 g/mol. The van der Waals surface area contributed by atoms with Gasteiger partial charge in [0.15, 0.2) is 0 Å². The predicted molar refractivity (Wildman–Crippen MR) is 189 cm³/mol. The Labute approximate surface area is 285 Å². The van der Waals surface area contributed by atoms with E-state index in [1.54, 1.807) is 4.90 Å². The van der Waals surface area contributed by atoms with Crippen LogP contribution >= 0.6 is 0 Å². The topological polar surface area (TPSA) is 89.6 Å². The molecule has 10 heteroatoms. The van der Waals surface area contributed by atoms with Gasteiger partial charge in [0.25, 0.3) is 0 Å². The first-order valence-corrected chi connectivity index (χ1v) is 16.9. The van der Waals surface area contributed by atoms with Gasteiger partial charge >= 0.3 is 19.3 Å². The number of nitrogens with zero attached hydrogens (tertiary/aromatic N) is 2. The highest BCUT2D eigenvalue weighted by Crippen LogP contribution is 2.44. The summed E-state index contributed by atoms with van der Waals surface area (Å²) in [4.78, 5) is 30.2. The second-order valence-electron chi connectivity index (χ2n) is 15.1. The molecule has 0 atom stereocenters. The number of benzene rings is 3. The Bertz CT molecular complexity index is 1630. The SMILES string of the molecule is Cc1c(NC(=O)OC(C)(C)C)cc(CN2CCN(C(=O)OCC3c4ccccc4-c4ccccc43)CC2)cc1B1OC(C)(C)C(C)(C)O1. The van der Waals surface area contributed by atoms with Crippen LogP contribution in [-0.2, 0) is 25.3 Å². The van der Waals surface area contributed by atoms with Crippen LogP contribution in [-0.4, -0.2) is 78.7 Å². The zero-order valence-corrected chi connectivity index (χ0v) is 29.5. The van der Waals surface area contributed by atoms with Crippen molar-refractivity contribution in [3.8, 4) is 11.1 Å². The van der Waals surface area contributed by atoms with E-state index in [-0.39, 0.29) is 12.0 Å². The quantitative estimate of drug-likeness (QED) is 0.296. The van der Waals surface area contributed by atoms with E-state index in [0.717, 1.165) is 16.6 Å². The Balaban J connectivity index is 1.11. The van der Waals surface area contributed by atoms with Gasteiger partial charge in [0, 0.05) is 44.3 Å². The Hall–Kier alpha value is -3.86. The van der Waals surface area contributed by atoms with Crippen LogP contribution in [0.5, 0.6) is 0 Å². The molecule has 6 rings (SSSR count). The van der Waals surface area contributed by atoms with E-state index in [1.807, 2.05) is 73.6 Å². The van der Waals surface area contributed by atoms with Crippen LogP contribution in [0.25, 0.3) is 11.1 Å². The monoisotopic (exact) mass is 653 g/mol. The number of rotatable bonds is 6. The number of carbonyl (C=O) groups excluding carboxylic acids is 2. The lowest BCUT2D eigenvalue weighted by Crippen LogP contribution is -2.48. The first kappa shape index (κ1) is 34.0. The van der Waals surface area contributed by atoms with E-state index in [2.05, 4.69) is 52.7 Å². The minimum absolute atomic E-state index is 0.0332. The van der Waals surface area contributed by atoms with E-state index >= 15 is 0 Å². The van der Waals surface area contributed by atoms with Crippen LogP contribution in [0.2, 0.25) is 0 Å². The van der Waals surface area contributed by atoms with Gasteiger partial charge in [0.1, 0.15) is 12.2 Å². The van der Waals surface area contributed by atoms with Crippen LogP contribution in [0, 0.1) is 6.92 Å². The molecule has 1 aliphatic carbocycles. The molecule has 0 bridgehead atoms. The number of amides is 2. The summed E-state index contributed by atoms with van der Waals surface area (Å²) in [6, 6.07) is 20.8. The van der Waals surface area contributed by atoms with Crippen molar-refractivity contribution in [2.45, 2.75) is 84.7 Å². The van der Waals surface area contributed by atoms with Crippen molar-refractivity contribution in [3.63, 3.8) is 0 Å². The lowest BCUT2D eigenvalue weighted by atomic mass is 9.75. The van der Waals surface area contributed by atoms with E-state index in [4.69, 9.17) is 18.8 Å². The van der Waals surface area contributed by atoms with Crippen molar-refractivity contribution in [1.29, 1.82) is 0 Å². The summed E-state index contributed by atoms with van der Waals surface area (Å²) in [5.74, 6) is 0.0332. The fourth-order valence-electron chi connectivity index (χ4n) is 6.68. The molecule has 0 unspecified atom stereocenters. The summed E-state index contributed by atoms with van der Waals surface area (Å²) in [5.41, 5.74) is 6.59. The second kappa shape index (κ2) is 12.9. The van der Waals surface area contributed by atoms with Gasteiger partial charge < -0.3 is 23.7 Å². The van der Waals surface area contributed by atoms with Crippen LogP contribution in [0.15, 0.2) is 60.7 Å². The summed E-state index contributed by atoms with van der Waals surface area (Å²) in [6.07, 6.45) is -0.793. The van der Waals surface area contributed by atoms with E-state index in [1.165, 1.54) is 22.3 Å². The molecule has 2 aliphatic heterocycles. The third-order valence-electron chi connectivity index (χ3n) is 10.0. The first-order valence-electron chi connectivity index (χ1n) is 16.9. The maximum absolute atomic E-state index is 13.2. The van der Waals surface area contributed by atoms with Gasteiger partial charge in [-0.1, -0.05) is 54.6 Å². The zero-order valence-electron chi connectivity index (χ0n) is 29.5. The lowest BCUT2D eigenvalue weighted by molar-refractivity contribution is 0.00578. The summed E-state index contributed by atoms with van der Waals surface area (Å²) in [5, 5.41) is 2.96. The number of fused-ring (bicyclic) bond motifs is 3. The molecule has 254 valence electrons. The molecule has 3 aromatic carbocycles. The zero-order chi connectivity index (χ0) is 34.4. The maximum atomic E-state index is 13.2.